The Labute approximate surface area is 319 Å². The first-order valence-electron chi connectivity index (χ1n) is 16.8. The predicted octanol–water partition coefficient (Wildman–Crippen LogP) is 12.2. The summed E-state index contributed by atoms with van der Waals surface area (Å²) in [5.74, 6) is 0. The maximum absolute atomic E-state index is 4.25. The molecule has 4 nitrogen and oxygen atoms in total. The Balaban J connectivity index is 0.000000134. The molecule has 0 aliphatic carbocycles. The van der Waals surface area contributed by atoms with E-state index in [2.05, 4.69) is 99.3 Å². The van der Waals surface area contributed by atoms with Crippen molar-refractivity contribution in [2.45, 2.75) is 0 Å². The minimum absolute atomic E-state index is 0. The number of benzene rings is 5. The summed E-state index contributed by atoms with van der Waals surface area (Å²) in [7, 11) is 0. The number of nitrogens with one attached hydrogen (secondary N) is 1. The fraction of sp³-hybridized carbons (Fsp3) is 0. The molecule has 0 saturated heterocycles. The molecule has 52 heavy (non-hydrogen) atoms. The van der Waals surface area contributed by atoms with Crippen LogP contribution in [0.5, 0.6) is 0 Å². The number of pyridine rings is 3. The summed E-state index contributed by atoms with van der Waals surface area (Å²) < 4.78 is 0. The molecule has 9 aromatic rings. The number of nitrogens with zero attached hydrogens (tertiary/aromatic N) is 3. The summed E-state index contributed by atoms with van der Waals surface area (Å²) in [6.45, 7) is 3.83. The van der Waals surface area contributed by atoms with Crippen molar-refractivity contribution in [2.75, 3.05) is 0 Å². The van der Waals surface area contributed by atoms with E-state index in [9.17, 15) is 0 Å². The summed E-state index contributed by atoms with van der Waals surface area (Å²) in [5.41, 5.74) is 10.1. The molecule has 0 saturated carbocycles. The molecular formula is C47H38IrN4. The molecule has 9 rings (SSSR count). The van der Waals surface area contributed by atoms with Crippen LogP contribution in [0.15, 0.2) is 213 Å². The van der Waals surface area contributed by atoms with E-state index >= 15 is 0 Å². The maximum atomic E-state index is 4.25. The van der Waals surface area contributed by atoms with Crippen molar-refractivity contribution < 1.29 is 20.1 Å². The quantitative estimate of drug-likeness (QED) is 0.192. The molecule has 0 aliphatic rings. The molecule has 0 bridgehead atoms. The molecule has 1 radical (unpaired) electrons. The average Bonchev–Trinajstić information content (AvgIpc) is 3.63. The van der Waals surface area contributed by atoms with Crippen LogP contribution in [-0.4, -0.2) is 19.9 Å². The number of H-pyrrole nitrogens is 1. The van der Waals surface area contributed by atoms with Gasteiger partial charge >= 0.3 is 0 Å². The van der Waals surface area contributed by atoms with Crippen molar-refractivity contribution in [3.8, 4) is 33.8 Å². The third kappa shape index (κ3) is 10.1. The van der Waals surface area contributed by atoms with Crippen LogP contribution in [0.1, 0.15) is 5.56 Å². The third-order valence-electron chi connectivity index (χ3n) is 8.00. The smallest absolute Gasteiger partial charge is 0.0701 e. The van der Waals surface area contributed by atoms with Gasteiger partial charge in [0.15, 0.2) is 0 Å². The van der Waals surface area contributed by atoms with Gasteiger partial charge in [-0.25, -0.2) is 0 Å². The molecule has 0 atom stereocenters. The molecule has 4 heterocycles. The van der Waals surface area contributed by atoms with Crippen molar-refractivity contribution in [1.29, 1.82) is 0 Å². The summed E-state index contributed by atoms with van der Waals surface area (Å²) in [6, 6.07) is 62.9. The Morgan fingerprint density at radius 1 is 0.385 bits per heavy atom. The largest absolute Gasteiger partial charge is 0.354 e. The van der Waals surface area contributed by atoms with Gasteiger partial charge in [0.05, 0.1) is 22.6 Å². The van der Waals surface area contributed by atoms with Gasteiger partial charge in [-0.1, -0.05) is 158 Å². The molecule has 5 heteroatoms. The van der Waals surface area contributed by atoms with Crippen LogP contribution >= 0.6 is 0 Å². The molecule has 0 unspecified atom stereocenters. The standard InChI is InChI=1S/C14H11N.3C11H9N.Ir/c1-2-10-6-5-8-12-11-7-3-4-9-13(11)15-14(10)12;3*1-2-6-10(7-3-1)11-8-4-5-9-12-11;/h2-9,15H,1H2;3*1-9H;. The second kappa shape index (κ2) is 19.8. The zero-order chi connectivity index (χ0) is 34.9. The summed E-state index contributed by atoms with van der Waals surface area (Å²) in [5, 5.41) is 2.54. The van der Waals surface area contributed by atoms with Crippen molar-refractivity contribution in [3.63, 3.8) is 0 Å². The van der Waals surface area contributed by atoms with Gasteiger partial charge in [0, 0.05) is 71.7 Å². The number of rotatable bonds is 4. The van der Waals surface area contributed by atoms with Gasteiger partial charge < -0.3 is 4.98 Å². The zero-order valence-electron chi connectivity index (χ0n) is 28.6. The van der Waals surface area contributed by atoms with Crippen LogP contribution in [0.4, 0.5) is 0 Å². The monoisotopic (exact) mass is 851 g/mol. The van der Waals surface area contributed by atoms with Crippen LogP contribution in [0, 0.1) is 0 Å². The second-order valence-electron chi connectivity index (χ2n) is 11.4. The van der Waals surface area contributed by atoms with Gasteiger partial charge in [0.1, 0.15) is 0 Å². The minimum Gasteiger partial charge on any atom is -0.354 e. The predicted molar refractivity (Wildman–Crippen MR) is 215 cm³/mol. The van der Waals surface area contributed by atoms with Crippen molar-refractivity contribution in [1.82, 2.24) is 19.9 Å². The number of aromatic nitrogens is 4. The van der Waals surface area contributed by atoms with Crippen LogP contribution in [0.2, 0.25) is 0 Å². The number of para-hydroxylation sites is 2. The number of fused-ring (bicyclic) bond motifs is 3. The molecule has 5 aromatic carbocycles. The first-order chi connectivity index (χ1) is 25.3. The molecule has 4 aromatic heterocycles. The molecule has 255 valence electrons. The summed E-state index contributed by atoms with van der Waals surface area (Å²) >= 11 is 0. The fourth-order valence-corrected chi connectivity index (χ4v) is 5.49. The Morgan fingerprint density at radius 3 is 1.17 bits per heavy atom. The normalized spacial score (nSPS) is 9.85. The number of hydrogen-bond acceptors (Lipinski definition) is 3. The van der Waals surface area contributed by atoms with Crippen molar-refractivity contribution >= 4 is 27.9 Å². The topological polar surface area (TPSA) is 54.5 Å². The van der Waals surface area contributed by atoms with E-state index in [-0.39, 0.29) is 20.1 Å². The molecule has 1 N–H and O–H groups in total. The number of aromatic amines is 1. The van der Waals surface area contributed by atoms with E-state index in [1.54, 1.807) is 0 Å². The Morgan fingerprint density at radius 2 is 0.769 bits per heavy atom. The first kappa shape index (κ1) is 37.0. The molecule has 0 spiro atoms. The summed E-state index contributed by atoms with van der Waals surface area (Å²) in [6.07, 6.45) is 7.31. The summed E-state index contributed by atoms with van der Waals surface area (Å²) in [4.78, 5) is 16.2. The van der Waals surface area contributed by atoms with E-state index in [1.165, 1.54) is 21.8 Å². The Kier molecular flexibility index (Phi) is 14.1. The third-order valence-corrected chi connectivity index (χ3v) is 8.00. The van der Waals surface area contributed by atoms with Crippen LogP contribution in [0.3, 0.4) is 0 Å². The number of hydrogen-bond donors (Lipinski definition) is 1. The van der Waals surface area contributed by atoms with Crippen molar-refractivity contribution in [2.24, 2.45) is 0 Å². The first-order valence-corrected chi connectivity index (χ1v) is 16.8. The Bertz CT molecular complexity index is 2060. The maximum Gasteiger partial charge on any atom is 0.0701 e. The average molecular weight is 851 g/mol. The van der Waals surface area contributed by atoms with E-state index in [0.29, 0.717) is 0 Å². The van der Waals surface area contributed by atoms with Gasteiger partial charge in [-0.05, 0) is 48.0 Å². The van der Waals surface area contributed by atoms with Gasteiger partial charge in [0.25, 0.3) is 0 Å². The zero-order valence-corrected chi connectivity index (χ0v) is 31.0. The van der Waals surface area contributed by atoms with Gasteiger partial charge in [-0.3, -0.25) is 15.0 Å². The van der Waals surface area contributed by atoms with Crippen LogP contribution in [0.25, 0.3) is 61.7 Å². The molecule has 0 fully saturated rings. The van der Waals surface area contributed by atoms with Crippen molar-refractivity contribution in [3.05, 3.63) is 219 Å². The minimum atomic E-state index is 0. The van der Waals surface area contributed by atoms with Gasteiger partial charge in [0.2, 0.25) is 0 Å². The second-order valence-corrected chi connectivity index (χ2v) is 11.4. The molecule has 0 aliphatic heterocycles. The van der Waals surface area contributed by atoms with Gasteiger partial charge in [-0.2, -0.15) is 0 Å². The van der Waals surface area contributed by atoms with Crippen LogP contribution in [-0.2, 0) is 20.1 Å². The van der Waals surface area contributed by atoms with Crippen LogP contribution < -0.4 is 0 Å². The SMILES string of the molecule is C=Cc1cccc2c1[nH]c1ccccc12.[Ir].c1ccc(-c2ccccn2)cc1.c1ccc(-c2ccccn2)cc1.c1ccc(-c2ccccn2)cc1. The Hall–Kier alpha value is -6.26. The molecular weight excluding hydrogens is 813 g/mol. The van der Waals surface area contributed by atoms with Gasteiger partial charge in [-0.15, -0.1) is 0 Å². The van der Waals surface area contributed by atoms with E-state index < -0.39 is 0 Å². The molecule has 0 amide bonds. The van der Waals surface area contributed by atoms with E-state index in [4.69, 9.17) is 0 Å². The van der Waals surface area contributed by atoms with E-state index in [1.807, 2.05) is 140 Å². The van der Waals surface area contributed by atoms with E-state index in [0.717, 1.165) is 39.3 Å². The fourth-order valence-electron chi connectivity index (χ4n) is 5.49.